The standard InChI is InChI=1S/C27H32N6O/c1-19-15-23(13-14-29-19)31-25-18-30-26(16-22(25)17-28)33-27(34)32-24-10-6-5-9-21(24)12-11-20-7-3-2-4-8-20/h2-4,7-8,13-18,21,24,28H,5-6,9-12H2,1H3,(H,29,31)(H2,30,32,33,34)/t21-,24+/m1/s1. The fraction of sp³-hybridized carbons (Fsp3) is 0.333. The number of aromatic nitrogens is 2. The van der Waals surface area contributed by atoms with E-state index in [9.17, 15) is 4.79 Å². The molecule has 2 heterocycles. The topological polar surface area (TPSA) is 103 Å². The van der Waals surface area contributed by atoms with E-state index in [1.54, 1.807) is 18.5 Å². The summed E-state index contributed by atoms with van der Waals surface area (Å²) in [6.07, 6.45) is 11.2. The molecule has 7 nitrogen and oxygen atoms in total. The van der Waals surface area contributed by atoms with Gasteiger partial charge >= 0.3 is 6.03 Å². The second-order valence-electron chi connectivity index (χ2n) is 8.89. The van der Waals surface area contributed by atoms with Gasteiger partial charge in [0.1, 0.15) is 5.82 Å². The van der Waals surface area contributed by atoms with Crippen LogP contribution in [-0.4, -0.2) is 28.3 Å². The molecule has 0 aliphatic heterocycles. The number of carbonyl (C=O) groups is 1. The van der Waals surface area contributed by atoms with Crippen LogP contribution in [0.15, 0.2) is 60.9 Å². The summed E-state index contributed by atoms with van der Waals surface area (Å²) in [4.78, 5) is 21.3. The summed E-state index contributed by atoms with van der Waals surface area (Å²) in [5.74, 6) is 0.893. The molecule has 176 valence electrons. The molecule has 4 rings (SSSR count). The van der Waals surface area contributed by atoms with Crippen molar-refractivity contribution in [2.24, 2.45) is 5.92 Å². The van der Waals surface area contributed by atoms with Crippen LogP contribution in [0, 0.1) is 18.3 Å². The largest absolute Gasteiger partial charge is 0.354 e. The third-order valence-corrected chi connectivity index (χ3v) is 6.38. The molecule has 34 heavy (non-hydrogen) atoms. The summed E-state index contributed by atoms with van der Waals surface area (Å²) in [5.41, 5.74) is 4.44. The molecule has 2 atom stereocenters. The first-order valence-electron chi connectivity index (χ1n) is 11.9. The molecule has 0 unspecified atom stereocenters. The van der Waals surface area contributed by atoms with E-state index in [2.05, 4.69) is 50.2 Å². The summed E-state index contributed by atoms with van der Waals surface area (Å²) in [5, 5.41) is 17.1. The molecule has 2 aromatic heterocycles. The summed E-state index contributed by atoms with van der Waals surface area (Å²) in [6, 6.07) is 15.9. The van der Waals surface area contributed by atoms with Gasteiger partial charge in [-0.05, 0) is 62.3 Å². The molecule has 0 bridgehead atoms. The van der Waals surface area contributed by atoms with Crippen molar-refractivity contribution in [3.8, 4) is 0 Å². The fourth-order valence-electron chi connectivity index (χ4n) is 4.60. The molecule has 0 radical (unpaired) electrons. The minimum Gasteiger partial charge on any atom is -0.354 e. The summed E-state index contributed by atoms with van der Waals surface area (Å²) < 4.78 is 0. The number of hydrogen-bond donors (Lipinski definition) is 4. The van der Waals surface area contributed by atoms with Crippen molar-refractivity contribution < 1.29 is 4.79 Å². The molecule has 4 N–H and O–H groups in total. The van der Waals surface area contributed by atoms with Gasteiger partial charge in [0.25, 0.3) is 0 Å². The van der Waals surface area contributed by atoms with E-state index in [-0.39, 0.29) is 12.1 Å². The average molecular weight is 457 g/mol. The van der Waals surface area contributed by atoms with Gasteiger partial charge in [0, 0.05) is 35.4 Å². The van der Waals surface area contributed by atoms with Crippen LogP contribution in [0.4, 0.5) is 22.0 Å². The van der Waals surface area contributed by atoms with Crippen molar-refractivity contribution in [1.29, 1.82) is 5.41 Å². The van der Waals surface area contributed by atoms with Crippen molar-refractivity contribution in [2.75, 3.05) is 10.6 Å². The lowest BCUT2D eigenvalue weighted by Gasteiger charge is -2.32. The predicted molar refractivity (Wildman–Crippen MR) is 137 cm³/mol. The monoisotopic (exact) mass is 456 g/mol. The number of urea groups is 1. The van der Waals surface area contributed by atoms with Gasteiger partial charge in [0.2, 0.25) is 0 Å². The summed E-state index contributed by atoms with van der Waals surface area (Å²) >= 11 is 0. The zero-order chi connectivity index (χ0) is 23.8. The van der Waals surface area contributed by atoms with Crippen LogP contribution in [0.25, 0.3) is 0 Å². The third kappa shape index (κ3) is 6.41. The number of benzene rings is 1. The van der Waals surface area contributed by atoms with Gasteiger partial charge in [0.15, 0.2) is 0 Å². The molecule has 1 aliphatic rings. The van der Waals surface area contributed by atoms with E-state index in [1.807, 2.05) is 25.1 Å². The summed E-state index contributed by atoms with van der Waals surface area (Å²) in [7, 11) is 0. The van der Waals surface area contributed by atoms with Crippen LogP contribution in [-0.2, 0) is 6.42 Å². The van der Waals surface area contributed by atoms with Crippen molar-refractivity contribution in [3.63, 3.8) is 0 Å². The lowest BCUT2D eigenvalue weighted by molar-refractivity contribution is 0.223. The Morgan fingerprint density at radius 3 is 2.74 bits per heavy atom. The lowest BCUT2D eigenvalue weighted by atomic mass is 9.81. The second-order valence-corrected chi connectivity index (χ2v) is 8.89. The minimum absolute atomic E-state index is 0.163. The zero-order valence-electron chi connectivity index (χ0n) is 19.6. The summed E-state index contributed by atoms with van der Waals surface area (Å²) in [6.45, 7) is 1.92. The first kappa shape index (κ1) is 23.4. The van der Waals surface area contributed by atoms with Gasteiger partial charge in [-0.1, -0.05) is 43.2 Å². The fourth-order valence-corrected chi connectivity index (χ4v) is 4.60. The molecule has 3 aromatic rings. The van der Waals surface area contributed by atoms with Gasteiger partial charge in [-0.3, -0.25) is 10.3 Å². The number of hydrogen-bond acceptors (Lipinski definition) is 5. The van der Waals surface area contributed by atoms with E-state index in [1.165, 1.54) is 18.2 Å². The number of nitrogens with one attached hydrogen (secondary N) is 4. The van der Waals surface area contributed by atoms with Crippen LogP contribution in [0.3, 0.4) is 0 Å². The average Bonchev–Trinajstić information content (AvgIpc) is 2.85. The van der Waals surface area contributed by atoms with Gasteiger partial charge in [-0.2, -0.15) is 0 Å². The number of rotatable bonds is 8. The van der Waals surface area contributed by atoms with Gasteiger partial charge < -0.3 is 16.0 Å². The Morgan fingerprint density at radius 1 is 1.12 bits per heavy atom. The smallest absolute Gasteiger partial charge is 0.320 e. The number of aryl methyl sites for hydroxylation is 2. The van der Waals surface area contributed by atoms with E-state index >= 15 is 0 Å². The molecule has 7 heteroatoms. The number of carbonyl (C=O) groups excluding carboxylic acids is 1. The Balaban J connectivity index is 1.36. The molecular weight excluding hydrogens is 424 g/mol. The highest BCUT2D eigenvalue weighted by Crippen LogP contribution is 2.28. The lowest BCUT2D eigenvalue weighted by Crippen LogP contribution is -2.44. The SMILES string of the molecule is Cc1cc(Nc2cnc(NC(=O)N[C@H]3CCCC[C@@H]3CCc3ccccc3)cc2C=N)ccn1. The second kappa shape index (κ2) is 11.4. The number of anilines is 3. The van der Waals surface area contributed by atoms with E-state index in [0.717, 1.165) is 43.5 Å². The van der Waals surface area contributed by atoms with Crippen LogP contribution in [0.1, 0.15) is 48.9 Å². The Labute approximate surface area is 200 Å². The number of amides is 2. The van der Waals surface area contributed by atoms with E-state index in [4.69, 9.17) is 5.41 Å². The zero-order valence-corrected chi connectivity index (χ0v) is 19.6. The molecule has 0 saturated heterocycles. The quantitative estimate of drug-likeness (QED) is 0.320. The number of pyridine rings is 2. The molecule has 1 saturated carbocycles. The van der Waals surface area contributed by atoms with Crippen LogP contribution in [0.5, 0.6) is 0 Å². The Kier molecular flexibility index (Phi) is 7.86. The van der Waals surface area contributed by atoms with Crippen LogP contribution in [0.2, 0.25) is 0 Å². The predicted octanol–water partition coefficient (Wildman–Crippen LogP) is 5.84. The van der Waals surface area contributed by atoms with Crippen molar-refractivity contribution >= 4 is 29.4 Å². The minimum atomic E-state index is -0.245. The van der Waals surface area contributed by atoms with Gasteiger partial charge in [-0.15, -0.1) is 0 Å². The van der Waals surface area contributed by atoms with E-state index in [0.29, 0.717) is 23.0 Å². The molecule has 1 fully saturated rings. The maximum absolute atomic E-state index is 12.8. The Morgan fingerprint density at radius 2 is 1.94 bits per heavy atom. The molecule has 0 spiro atoms. The van der Waals surface area contributed by atoms with E-state index < -0.39 is 0 Å². The molecule has 2 amide bonds. The van der Waals surface area contributed by atoms with Crippen LogP contribution >= 0.6 is 0 Å². The third-order valence-electron chi connectivity index (χ3n) is 6.38. The maximum Gasteiger partial charge on any atom is 0.320 e. The first-order valence-corrected chi connectivity index (χ1v) is 11.9. The van der Waals surface area contributed by atoms with Gasteiger partial charge in [-0.25, -0.2) is 9.78 Å². The Bertz CT molecular complexity index is 1120. The molecular formula is C27H32N6O. The molecule has 1 aliphatic carbocycles. The van der Waals surface area contributed by atoms with Crippen molar-refractivity contribution in [3.05, 3.63) is 77.7 Å². The van der Waals surface area contributed by atoms with Crippen LogP contribution < -0.4 is 16.0 Å². The van der Waals surface area contributed by atoms with Crippen molar-refractivity contribution in [1.82, 2.24) is 15.3 Å². The number of nitrogens with zero attached hydrogens (tertiary/aromatic N) is 2. The highest BCUT2D eigenvalue weighted by Gasteiger charge is 2.26. The molecule has 1 aromatic carbocycles. The highest BCUT2D eigenvalue weighted by molar-refractivity contribution is 5.92. The highest BCUT2D eigenvalue weighted by atomic mass is 16.2. The van der Waals surface area contributed by atoms with Crippen molar-refractivity contribution in [2.45, 2.75) is 51.5 Å². The van der Waals surface area contributed by atoms with Gasteiger partial charge in [0.05, 0.1) is 11.9 Å². The maximum atomic E-state index is 12.8. The Hall–Kier alpha value is -3.74. The normalized spacial score (nSPS) is 17.6. The first-order chi connectivity index (χ1) is 16.6.